The van der Waals surface area contributed by atoms with Crippen LogP contribution in [0.2, 0.25) is 0 Å². The van der Waals surface area contributed by atoms with E-state index in [4.69, 9.17) is 0 Å². The minimum absolute atomic E-state index is 0.119. The molecular formula is C10H10F3NOS. The molecule has 6 heteroatoms. The molecule has 0 heterocycles. The zero-order chi connectivity index (χ0) is 12.2. The van der Waals surface area contributed by atoms with Gasteiger partial charge in [0.15, 0.2) is 0 Å². The van der Waals surface area contributed by atoms with Crippen LogP contribution in [0.5, 0.6) is 0 Å². The lowest BCUT2D eigenvalue weighted by molar-refractivity contribution is -0.0328. The number of oxime groups is 1. The van der Waals surface area contributed by atoms with Crippen molar-refractivity contribution >= 4 is 17.5 Å². The fraction of sp³-hybridized carbons (Fsp3) is 0.300. The average Bonchev–Trinajstić information content (AvgIpc) is 2.16. The van der Waals surface area contributed by atoms with Crippen LogP contribution < -0.4 is 0 Å². The number of halogens is 3. The summed E-state index contributed by atoms with van der Waals surface area (Å²) in [6, 6.07) is 6.19. The van der Waals surface area contributed by atoms with Gasteiger partial charge in [-0.3, -0.25) is 0 Å². The summed E-state index contributed by atoms with van der Waals surface area (Å²) < 4.78 is 36.8. The Morgan fingerprint density at radius 2 is 1.94 bits per heavy atom. The van der Waals surface area contributed by atoms with Gasteiger partial charge < -0.3 is 4.84 Å². The van der Waals surface area contributed by atoms with Gasteiger partial charge in [0.05, 0.1) is 5.71 Å². The predicted octanol–water partition coefficient (Wildman–Crippen LogP) is 3.67. The van der Waals surface area contributed by atoms with E-state index in [1.807, 2.05) is 0 Å². The topological polar surface area (TPSA) is 21.6 Å². The summed E-state index contributed by atoms with van der Waals surface area (Å²) in [5, 5.41) is 3.62. The molecule has 0 unspecified atom stereocenters. The van der Waals surface area contributed by atoms with E-state index < -0.39 is 5.51 Å². The lowest BCUT2D eigenvalue weighted by Gasteiger charge is -2.10. The molecule has 0 radical (unpaired) electrons. The smallest absolute Gasteiger partial charge is 0.399 e. The van der Waals surface area contributed by atoms with Gasteiger partial charge in [0.2, 0.25) is 0 Å². The summed E-state index contributed by atoms with van der Waals surface area (Å²) >= 11 is -0.155. The first kappa shape index (κ1) is 12.9. The highest BCUT2D eigenvalue weighted by molar-refractivity contribution is 8.00. The standard InChI is InChI=1S/C10H10F3NOS/c1-7(14-15-2)8-5-3-4-6-9(8)16-10(11,12)13/h3-6H,1-2H3/b14-7-. The molecule has 0 amide bonds. The third kappa shape index (κ3) is 3.77. The van der Waals surface area contributed by atoms with E-state index >= 15 is 0 Å². The number of hydrogen-bond acceptors (Lipinski definition) is 3. The van der Waals surface area contributed by atoms with Crippen LogP contribution in [0.4, 0.5) is 13.2 Å². The van der Waals surface area contributed by atoms with Gasteiger partial charge in [-0.1, -0.05) is 23.4 Å². The molecule has 0 aliphatic rings. The number of hydrogen-bond donors (Lipinski definition) is 0. The summed E-state index contributed by atoms with van der Waals surface area (Å²) in [6.45, 7) is 1.60. The van der Waals surface area contributed by atoms with Crippen molar-refractivity contribution in [3.8, 4) is 0 Å². The van der Waals surface area contributed by atoms with Crippen LogP contribution in [0.1, 0.15) is 12.5 Å². The van der Waals surface area contributed by atoms with Gasteiger partial charge in [-0.25, -0.2) is 0 Å². The van der Waals surface area contributed by atoms with Crippen LogP contribution >= 0.6 is 11.8 Å². The minimum atomic E-state index is -4.30. The van der Waals surface area contributed by atoms with Gasteiger partial charge >= 0.3 is 5.51 Å². The van der Waals surface area contributed by atoms with Gasteiger partial charge in [0.25, 0.3) is 0 Å². The summed E-state index contributed by atoms with van der Waals surface area (Å²) in [6.07, 6.45) is 0. The third-order valence-electron chi connectivity index (χ3n) is 1.73. The maximum absolute atomic E-state index is 12.3. The second-order valence-electron chi connectivity index (χ2n) is 2.90. The van der Waals surface area contributed by atoms with Crippen molar-refractivity contribution in [1.29, 1.82) is 0 Å². The van der Waals surface area contributed by atoms with Crippen molar-refractivity contribution in [2.24, 2.45) is 5.16 Å². The molecule has 1 aromatic rings. The van der Waals surface area contributed by atoms with Gasteiger partial charge in [-0.05, 0) is 24.8 Å². The minimum Gasteiger partial charge on any atom is -0.399 e. The number of alkyl halides is 3. The lowest BCUT2D eigenvalue weighted by Crippen LogP contribution is -2.04. The highest BCUT2D eigenvalue weighted by atomic mass is 32.2. The van der Waals surface area contributed by atoms with E-state index in [0.717, 1.165) is 0 Å². The van der Waals surface area contributed by atoms with Crippen LogP contribution in [0.15, 0.2) is 34.3 Å². The molecule has 1 aromatic carbocycles. The Morgan fingerprint density at radius 1 is 1.31 bits per heavy atom. The van der Waals surface area contributed by atoms with Crippen LogP contribution in [0.3, 0.4) is 0 Å². The van der Waals surface area contributed by atoms with Crippen molar-refractivity contribution < 1.29 is 18.0 Å². The molecule has 88 valence electrons. The second-order valence-corrected chi connectivity index (χ2v) is 4.01. The van der Waals surface area contributed by atoms with Crippen molar-refractivity contribution in [1.82, 2.24) is 0 Å². The Balaban J connectivity index is 3.06. The fourth-order valence-electron chi connectivity index (χ4n) is 1.17. The molecule has 0 saturated carbocycles. The Hall–Kier alpha value is -1.17. The van der Waals surface area contributed by atoms with Gasteiger partial charge in [-0.15, -0.1) is 0 Å². The molecule has 0 fully saturated rings. The maximum Gasteiger partial charge on any atom is 0.446 e. The summed E-state index contributed by atoms with van der Waals surface area (Å²) in [5.41, 5.74) is -3.47. The largest absolute Gasteiger partial charge is 0.446 e. The van der Waals surface area contributed by atoms with E-state index in [0.29, 0.717) is 11.3 Å². The molecule has 16 heavy (non-hydrogen) atoms. The van der Waals surface area contributed by atoms with Crippen molar-refractivity contribution in [2.75, 3.05) is 7.11 Å². The highest BCUT2D eigenvalue weighted by Gasteiger charge is 2.30. The van der Waals surface area contributed by atoms with Crippen LogP contribution in [0, 0.1) is 0 Å². The van der Waals surface area contributed by atoms with Crippen molar-refractivity contribution in [2.45, 2.75) is 17.3 Å². The summed E-state index contributed by atoms with van der Waals surface area (Å²) in [5.74, 6) is 0. The Labute approximate surface area is 95.5 Å². The SMILES string of the molecule is CO/N=C(/C)c1ccccc1SC(F)(F)F. The van der Waals surface area contributed by atoms with E-state index in [1.54, 1.807) is 25.1 Å². The van der Waals surface area contributed by atoms with Crippen molar-refractivity contribution in [3.63, 3.8) is 0 Å². The Bertz CT molecular complexity index is 390. The molecule has 1 rings (SSSR count). The normalized spacial score (nSPS) is 12.7. The van der Waals surface area contributed by atoms with Crippen LogP contribution in [0.25, 0.3) is 0 Å². The Kier molecular flexibility index (Phi) is 4.23. The van der Waals surface area contributed by atoms with Gasteiger partial charge in [0.1, 0.15) is 7.11 Å². The number of rotatable bonds is 3. The number of thioether (sulfide) groups is 1. The quantitative estimate of drug-likeness (QED) is 0.463. The first-order valence-corrected chi connectivity index (χ1v) is 5.18. The zero-order valence-electron chi connectivity index (χ0n) is 8.71. The summed E-state index contributed by atoms with van der Waals surface area (Å²) in [7, 11) is 1.35. The molecule has 0 aliphatic heterocycles. The van der Waals surface area contributed by atoms with Crippen molar-refractivity contribution in [3.05, 3.63) is 29.8 Å². The molecule has 0 aromatic heterocycles. The average molecular weight is 249 g/mol. The van der Waals surface area contributed by atoms with E-state index in [2.05, 4.69) is 9.99 Å². The van der Waals surface area contributed by atoms with Gasteiger partial charge in [0, 0.05) is 10.5 Å². The molecular weight excluding hydrogens is 239 g/mol. The van der Waals surface area contributed by atoms with E-state index in [-0.39, 0.29) is 16.7 Å². The molecule has 0 aliphatic carbocycles. The maximum atomic E-state index is 12.3. The molecule has 0 saturated heterocycles. The molecule has 0 spiro atoms. The third-order valence-corrected chi connectivity index (χ3v) is 2.54. The number of benzene rings is 1. The monoisotopic (exact) mass is 249 g/mol. The van der Waals surface area contributed by atoms with E-state index in [9.17, 15) is 13.2 Å². The predicted molar refractivity (Wildman–Crippen MR) is 57.6 cm³/mol. The molecule has 0 atom stereocenters. The molecule has 2 nitrogen and oxygen atoms in total. The fourth-order valence-corrected chi connectivity index (χ4v) is 1.89. The summed E-state index contributed by atoms with van der Waals surface area (Å²) in [4.78, 5) is 4.66. The first-order valence-electron chi connectivity index (χ1n) is 4.37. The molecule has 0 N–H and O–H groups in total. The van der Waals surface area contributed by atoms with Crippen LogP contribution in [-0.2, 0) is 4.84 Å². The molecule has 0 bridgehead atoms. The Morgan fingerprint density at radius 3 is 2.50 bits per heavy atom. The zero-order valence-corrected chi connectivity index (χ0v) is 9.52. The van der Waals surface area contributed by atoms with E-state index in [1.165, 1.54) is 13.2 Å². The highest BCUT2D eigenvalue weighted by Crippen LogP contribution is 2.38. The number of nitrogens with zero attached hydrogens (tertiary/aromatic N) is 1. The first-order chi connectivity index (χ1) is 7.44. The lowest BCUT2D eigenvalue weighted by atomic mass is 10.1. The van der Waals surface area contributed by atoms with Gasteiger partial charge in [-0.2, -0.15) is 13.2 Å². The van der Waals surface area contributed by atoms with Crippen LogP contribution in [-0.4, -0.2) is 18.3 Å². The second kappa shape index (κ2) is 5.25.